The fourth-order valence-corrected chi connectivity index (χ4v) is 3.88. The van der Waals surface area contributed by atoms with Crippen LogP contribution in [0.1, 0.15) is 40.5 Å². The van der Waals surface area contributed by atoms with Gasteiger partial charge in [0.05, 0.1) is 25.3 Å². The van der Waals surface area contributed by atoms with Crippen LogP contribution in [0.2, 0.25) is 0 Å². The summed E-state index contributed by atoms with van der Waals surface area (Å²) in [5.74, 6) is 2.14. The molecule has 0 fully saturated rings. The lowest BCUT2D eigenvalue weighted by atomic mass is 10.1. The van der Waals surface area contributed by atoms with Crippen LogP contribution in [0.25, 0.3) is 0 Å². The van der Waals surface area contributed by atoms with Gasteiger partial charge < -0.3 is 19.5 Å². The number of hydrogen-bond acceptors (Lipinski definition) is 6. The van der Waals surface area contributed by atoms with Crippen LogP contribution in [0, 0.1) is 0 Å². The first-order chi connectivity index (χ1) is 15.1. The Hall–Kier alpha value is -3.06. The number of thiazole rings is 1. The zero-order chi connectivity index (χ0) is 22.1. The number of methoxy groups -OCH3 is 1. The molecule has 164 valence electrons. The SMILES string of the molecule is CCOc1ccc(CCNC(=O)c2csc(Cc3ccc(OC)cc3)n2)cc1OCC. The first-order valence-electron chi connectivity index (χ1n) is 10.4. The minimum absolute atomic E-state index is 0.159. The molecule has 1 N–H and O–H groups in total. The highest BCUT2D eigenvalue weighted by molar-refractivity contribution is 7.09. The summed E-state index contributed by atoms with van der Waals surface area (Å²) in [7, 11) is 1.65. The number of carbonyl (C=O) groups is 1. The molecule has 0 aliphatic heterocycles. The maximum Gasteiger partial charge on any atom is 0.270 e. The Kier molecular flexibility index (Phi) is 8.29. The topological polar surface area (TPSA) is 69.7 Å². The van der Waals surface area contributed by atoms with Crippen LogP contribution in [-0.2, 0) is 12.8 Å². The Bertz CT molecular complexity index is 985. The largest absolute Gasteiger partial charge is 0.497 e. The van der Waals surface area contributed by atoms with Crippen molar-refractivity contribution in [1.82, 2.24) is 10.3 Å². The number of ether oxygens (including phenoxy) is 3. The summed E-state index contributed by atoms with van der Waals surface area (Å²) in [6, 6.07) is 13.7. The van der Waals surface area contributed by atoms with Crippen molar-refractivity contribution in [2.45, 2.75) is 26.7 Å². The fraction of sp³-hybridized carbons (Fsp3) is 0.333. The van der Waals surface area contributed by atoms with Crippen LogP contribution in [0.5, 0.6) is 17.2 Å². The van der Waals surface area contributed by atoms with E-state index >= 15 is 0 Å². The molecule has 0 aliphatic rings. The van der Waals surface area contributed by atoms with Crippen molar-refractivity contribution in [2.75, 3.05) is 26.9 Å². The summed E-state index contributed by atoms with van der Waals surface area (Å²) < 4.78 is 16.4. The maximum atomic E-state index is 12.5. The zero-order valence-electron chi connectivity index (χ0n) is 18.1. The minimum atomic E-state index is -0.159. The standard InChI is InChI=1S/C24H28N2O4S/c1-4-29-21-11-8-18(14-22(21)30-5-2)12-13-25-24(27)20-16-31-23(26-20)15-17-6-9-19(28-3)10-7-17/h6-11,14,16H,4-5,12-13,15H2,1-3H3,(H,25,27). The van der Waals surface area contributed by atoms with Gasteiger partial charge in [-0.1, -0.05) is 18.2 Å². The smallest absolute Gasteiger partial charge is 0.270 e. The van der Waals surface area contributed by atoms with Gasteiger partial charge in [-0.25, -0.2) is 4.98 Å². The van der Waals surface area contributed by atoms with E-state index in [2.05, 4.69) is 10.3 Å². The summed E-state index contributed by atoms with van der Waals surface area (Å²) in [4.78, 5) is 16.9. The van der Waals surface area contributed by atoms with Crippen molar-refractivity contribution in [1.29, 1.82) is 0 Å². The molecule has 7 heteroatoms. The van der Waals surface area contributed by atoms with Crippen molar-refractivity contribution in [2.24, 2.45) is 0 Å². The Labute approximate surface area is 187 Å². The summed E-state index contributed by atoms with van der Waals surface area (Å²) in [5.41, 5.74) is 2.66. The van der Waals surface area contributed by atoms with Crippen molar-refractivity contribution in [3.8, 4) is 17.2 Å². The van der Waals surface area contributed by atoms with E-state index in [1.807, 2.05) is 56.3 Å². The third-order valence-corrected chi connectivity index (χ3v) is 5.45. The van der Waals surface area contributed by atoms with Gasteiger partial charge in [-0.15, -0.1) is 11.3 Å². The van der Waals surface area contributed by atoms with E-state index in [-0.39, 0.29) is 5.91 Å². The van der Waals surface area contributed by atoms with Crippen molar-refractivity contribution in [3.63, 3.8) is 0 Å². The molecule has 0 aliphatic carbocycles. The van der Waals surface area contributed by atoms with Crippen LogP contribution >= 0.6 is 11.3 Å². The highest BCUT2D eigenvalue weighted by Crippen LogP contribution is 2.28. The third kappa shape index (κ3) is 6.46. The number of rotatable bonds is 11. The van der Waals surface area contributed by atoms with Gasteiger partial charge in [0, 0.05) is 18.3 Å². The number of hydrogen-bond donors (Lipinski definition) is 1. The van der Waals surface area contributed by atoms with E-state index < -0.39 is 0 Å². The number of carbonyl (C=O) groups excluding carboxylic acids is 1. The predicted molar refractivity (Wildman–Crippen MR) is 123 cm³/mol. The summed E-state index contributed by atoms with van der Waals surface area (Å²) in [5, 5.41) is 5.66. The van der Waals surface area contributed by atoms with E-state index in [1.165, 1.54) is 11.3 Å². The molecule has 1 amide bonds. The predicted octanol–water partition coefficient (Wildman–Crippen LogP) is 4.51. The second-order valence-corrected chi connectivity index (χ2v) is 7.75. The lowest BCUT2D eigenvalue weighted by Gasteiger charge is -2.12. The average molecular weight is 441 g/mol. The Morgan fingerprint density at radius 2 is 1.71 bits per heavy atom. The minimum Gasteiger partial charge on any atom is -0.497 e. The van der Waals surface area contributed by atoms with Crippen molar-refractivity contribution >= 4 is 17.2 Å². The molecule has 2 aromatic carbocycles. The molecule has 31 heavy (non-hydrogen) atoms. The number of nitrogens with zero attached hydrogens (tertiary/aromatic N) is 1. The van der Waals surface area contributed by atoms with Crippen LogP contribution in [-0.4, -0.2) is 37.8 Å². The molecule has 6 nitrogen and oxygen atoms in total. The van der Waals surface area contributed by atoms with E-state index in [0.717, 1.165) is 33.4 Å². The molecule has 1 aromatic heterocycles. The molecule has 3 aromatic rings. The number of benzene rings is 2. The normalized spacial score (nSPS) is 10.5. The number of aromatic nitrogens is 1. The first kappa shape index (κ1) is 22.6. The highest BCUT2D eigenvalue weighted by Gasteiger charge is 2.12. The first-order valence-corrected chi connectivity index (χ1v) is 11.2. The fourth-order valence-electron chi connectivity index (χ4n) is 3.08. The monoisotopic (exact) mass is 440 g/mol. The molecule has 0 bridgehead atoms. The molecule has 0 saturated carbocycles. The molecule has 0 saturated heterocycles. The van der Waals surface area contributed by atoms with Gasteiger partial charge in [-0.2, -0.15) is 0 Å². The van der Waals surface area contributed by atoms with Crippen LogP contribution in [0.4, 0.5) is 0 Å². The van der Waals surface area contributed by atoms with Gasteiger partial charge in [-0.05, 0) is 55.7 Å². The van der Waals surface area contributed by atoms with Gasteiger partial charge in [0.15, 0.2) is 11.5 Å². The summed E-state index contributed by atoms with van der Waals surface area (Å²) in [6.45, 7) is 5.57. The van der Waals surface area contributed by atoms with E-state index in [9.17, 15) is 4.79 Å². The third-order valence-electron chi connectivity index (χ3n) is 4.61. The molecular weight excluding hydrogens is 412 g/mol. The molecule has 0 atom stereocenters. The van der Waals surface area contributed by atoms with Crippen LogP contribution < -0.4 is 19.5 Å². The van der Waals surface area contributed by atoms with E-state index in [4.69, 9.17) is 14.2 Å². The lowest BCUT2D eigenvalue weighted by Crippen LogP contribution is -2.26. The van der Waals surface area contributed by atoms with Gasteiger partial charge in [0.25, 0.3) is 5.91 Å². The number of nitrogens with one attached hydrogen (secondary N) is 1. The van der Waals surface area contributed by atoms with Crippen molar-refractivity contribution < 1.29 is 19.0 Å². The molecule has 0 spiro atoms. The quantitative estimate of drug-likeness (QED) is 0.475. The molecule has 0 radical (unpaired) electrons. The van der Waals surface area contributed by atoms with Crippen LogP contribution in [0.15, 0.2) is 47.8 Å². The zero-order valence-corrected chi connectivity index (χ0v) is 19.0. The Morgan fingerprint density at radius 3 is 2.42 bits per heavy atom. The molecule has 0 unspecified atom stereocenters. The van der Waals surface area contributed by atoms with Crippen LogP contribution in [0.3, 0.4) is 0 Å². The second kappa shape index (κ2) is 11.4. The molecule has 3 rings (SSSR count). The van der Waals surface area contributed by atoms with E-state index in [0.29, 0.717) is 38.3 Å². The number of amides is 1. The van der Waals surface area contributed by atoms with Gasteiger partial charge in [0.2, 0.25) is 0 Å². The average Bonchev–Trinajstić information content (AvgIpc) is 3.25. The molecular formula is C24H28N2O4S. The summed E-state index contributed by atoms with van der Waals surface area (Å²) in [6.07, 6.45) is 1.38. The van der Waals surface area contributed by atoms with E-state index in [1.54, 1.807) is 12.5 Å². The summed E-state index contributed by atoms with van der Waals surface area (Å²) >= 11 is 1.49. The lowest BCUT2D eigenvalue weighted by molar-refractivity contribution is 0.0949. The molecule has 1 heterocycles. The van der Waals surface area contributed by atoms with Gasteiger partial charge in [0.1, 0.15) is 11.4 Å². The van der Waals surface area contributed by atoms with Gasteiger partial charge >= 0.3 is 0 Å². The highest BCUT2D eigenvalue weighted by atomic mass is 32.1. The van der Waals surface area contributed by atoms with Crippen molar-refractivity contribution in [3.05, 3.63) is 69.7 Å². The Morgan fingerprint density at radius 1 is 1.00 bits per heavy atom. The maximum absolute atomic E-state index is 12.5. The van der Waals surface area contributed by atoms with Gasteiger partial charge in [-0.3, -0.25) is 4.79 Å². The second-order valence-electron chi connectivity index (χ2n) is 6.80. The Balaban J connectivity index is 1.52.